The predicted octanol–water partition coefficient (Wildman–Crippen LogP) is 2.66. The van der Waals surface area contributed by atoms with Gasteiger partial charge in [-0.3, -0.25) is 14.3 Å². The van der Waals surface area contributed by atoms with Gasteiger partial charge in [0.25, 0.3) is 5.56 Å². The topological polar surface area (TPSA) is 54.9 Å². The van der Waals surface area contributed by atoms with E-state index in [4.69, 9.17) is 0 Å². The molecular weight excluding hydrogens is 284 g/mol. The summed E-state index contributed by atoms with van der Waals surface area (Å²) in [5.74, 6) is 0. The number of unbranched alkanes of at least 4 members (excludes halogenated alkanes) is 5. The standard InChI is InChI=1S/C12H19BrN2O2/c1-2-3-4-5-6-7-8-15-9-10(13)11(16)14-12(15)17/h9H,2-8H2,1H3,(H,14,16,17). The molecule has 1 N–H and O–H groups in total. The first-order chi connectivity index (χ1) is 8.15. The van der Waals surface area contributed by atoms with Crippen molar-refractivity contribution in [3.63, 3.8) is 0 Å². The molecule has 1 heterocycles. The number of hydrogen-bond acceptors (Lipinski definition) is 2. The number of aromatic amines is 1. The van der Waals surface area contributed by atoms with Gasteiger partial charge in [-0.25, -0.2) is 4.79 Å². The molecule has 17 heavy (non-hydrogen) atoms. The molecule has 0 bridgehead atoms. The third kappa shape index (κ3) is 4.89. The minimum absolute atomic E-state index is 0.327. The van der Waals surface area contributed by atoms with Gasteiger partial charge in [-0.2, -0.15) is 0 Å². The van der Waals surface area contributed by atoms with Crippen LogP contribution in [0.5, 0.6) is 0 Å². The fourth-order valence-electron chi connectivity index (χ4n) is 1.71. The van der Waals surface area contributed by atoms with Gasteiger partial charge < -0.3 is 0 Å². The van der Waals surface area contributed by atoms with Gasteiger partial charge in [0.05, 0.1) is 4.47 Å². The molecule has 0 radical (unpaired) electrons. The van der Waals surface area contributed by atoms with Crippen molar-refractivity contribution in [1.82, 2.24) is 9.55 Å². The van der Waals surface area contributed by atoms with E-state index >= 15 is 0 Å². The molecule has 1 aromatic rings. The van der Waals surface area contributed by atoms with Crippen LogP contribution in [0.3, 0.4) is 0 Å². The minimum atomic E-state index is -0.366. The molecule has 96 valence electrons. The molecule has 0 fully saturated rings. The van der Waals surface area contributed by atoms with Crippen LogP contribution in [0.15, 0.2) is 20.3 Å². The minimum Gasteiger partial charge on any atom is -0.299 e. The lowest BCUT2D eigenvalue weighted by atomic mass is 10.1. The Kier molecular flexibility index (Phi) is 6.26. The van der Waals surface area contributed by atoms with E-state index in [1.54, 1.807) is 10.8 Å². The molecule has 5 heteroatoms. The average Bonchev–Trinajstić information content (AvgIpc) is 2.30. The lowest BCUT2D eigenvalue weighted by Gasteiger charge is -2.05. The van der Waals surface area contributed by atoms with Gasteiger partial charge in [0.2, 0.25) is 0 Å². The molecule has 0 aromatic carbocycles. The van der Waals surface area contributed by atoms with E-state index < -0.39 is 0 Å². The first-order valence-corrected chi connectivity index (χ1v) is 6.93. The molecule has 0 saturated carbocycles. The number of aromatic nitrogens is 2. The third-order valence-electron chi connectivity index (χ3n) is 2.72. The number of nitrogens with zero attached hydrogens (tertiary/aromatic N) is 1. The molecule has 0 aliphatic rings. The van der Waals surface area contributed by atoms with Gasteiger partial charge in [0, 0.05) is 12.7 Å². The summed E-state index contributed by atoms with van der Waals surface area (Å²) < 4.78 is 1.95. The molecule has 0 amide bonds. The van der Waals surface area contributed by atoms with E-state index in [9.17, 15) is 9.59 Å². The van der Waals surface area contributed by atoms with E-state index in [-0.39, 0.29) is 11.2 Å². The van der Waals surface area contributed by atoms with Crippen molar-refractivity contribution in [2.24, 2.45) is 0 Å². The number of aryl methyl sites for hydroxylation is 1. The zero-order chi connectivity index (χ0) is 12.7. The maximum Gasteiger partial charge on any atom is 0.328 e. The van der Waals surface area contributed by atoms with E-state index in [1.807, 2.05) is 0 Å². The molecular formula is C12H19BrN2O2. The van der Waals surface area contributed by atoms with E-state index in [2.05, 4.69) is 27.8 Å². The molecule has 1 rings (SSSR count). The highest BCUT2D eigenvalue weighted by atomic mass is 79.9. The number of rotatable bonds is 7. The normalized spacial score (nSPS) is 10.7. The maximum atomic E-state index is 11.4. The van der Waals surface area contributed by atoms with Crippen LogP contribution in [0.4, 0.5) is 0 Å². The number of H-pyrrole nitrogens is 1. The van der Waals surface area contributed by atoms with Crippen molar-refractivity contribution in [1.29, 1.82) is 0 Å². The highest BCUT2D eigenvalue weighted by molar-refractivity contribution is 9.10. The van der Waals surface area contributed by atoms with E-state index in [0.29, 0.717) is 11.0 Å². The van der Waals surface area contributed by atoms with Crippen LogP contribution in [0.25, 0.3) is 0 Å². The maximum absolute atomic E-state index is 11.4. The first kappa shape index (κ1) is 14.2. The average molecular weight is 303 g/mol. The van der Waals surface area contributed by atoms with Crippen LogP contribution in [0, 0.1) is 0 Å². The summed E-state index contributed by atoms with van der Waals surface area (Å²) >= 11 is 3.12. The molecule has 0 unspecified atom stereocenters. The summed E-state index contributed by atoms with van der Waals surface area (Å²) in [6, 6.07) is 0. The smallest absolute Gasteiger partial charge is 0.299 e. The second-order valence-corrected chi connectivity index (χ2v) is 5.05. The lowest BCUT2D eigenvalue weighted by Crippen LogP contribution is -2.29. The Labute approximate surface area is 109 Å². The summed E-state index contributed by atoms with van der Waals surface area (Å²) in [6.45, 7) is 2.86. The number of hydrogen-bond donors (Lipinski definition) is 1. The second-order valence-electron chi connectivity index (χ2n) is 4.20. The molecule has 0 atom stereocenters. The van der Waals surface area contributed by atoms with Crippen molar-refractivity contribution in [3.05, 3.63) is 31.5 Å². The summed E-state index contributed by atoms with van der Waals surface area (Å²) in [5, 5.41) is 0. The molecule has 0 aliphatic carbocycles. The zero-order valence-electron chi connectivity index (χ0n) is 10.2. The highest BCUT2D eigenvalue weighted by Crippen LogP contribution is 2.06. The Morgan fingerprint density at radius 3 is 2.53 bits per heavy atom. The highest BCUT2D eigenvalue weighted by Gasteiger charge is 2.01. The van der Waals surface area contributed by atoms with Crippen LogP contribution >= 0.6 is 15.9 Å². The van der Waals surface area contributed by atoms with Crippen molar-refractivity contribution in [2.45, 2.75) is 52.0 Å². The number of halogens is 1. The van der Waals surface area contributed by atoms with Gasteiger partial charge in [-0.15, -0.1) is 0 Å². The van der Waals surface area contributed by atoms with Crippen LogP contribution in [0.2, 0.25) is 0 Å². The first-order valence-electron chi connectivity index (χ1n) is 6.14. The van der Waals surface area contributed by atoms with Gasteiger partial charge in [0.15, 0.2) is 0 Å². The lowest BCUT2D eigenvalue weighted by molar-refractivity contribution is 0.541. The Morgan fingerprint density at radius 2 is 1.82 bits per heavy atom. The molecule has 4 nitrogen and oxygen atoms in total. The summed E-state index contributed by atoms with van der Waals surface area (Å²) in [4.78, 5) is 24.8. The van der Waals surface area contributed by atoms with Crippen molar-refractivity contribution < 1.29 is 0 Å². The fraction of sp³-hybridized carbons (Fsp3) is 0.667. The Balaban J connectivity index is 2.39. The summed E-state index contributed by atoms with van der Waals surface area (Å²) in [5.41, 5.74) is -0.694. The largest absolute Gasteiger partial charge is 0.328 e. The van der Waals surface area contributed by atoms with Crippen molar-refractivity contribution in [3.8, 4) is 0 Å². The van der Waals surface area contributed by atoms with Gasteiger partial charge >= 0.3 is 5.69 Å². The van der Waals surface area contributed by atoms with Crippen LogP contribution in [0.1, 0.15) is 45.4 Å². The van der Waals surface area contributed by atoms with Crippen LogP contribution in [-0.2, 0) is 6.54 Å². The van der Waals surface area contributed by atoms with Gasteiger partial charge in [-0.1, -0.05) is 39.0 Å². The van der Waals surface area contributed by atoms with Crippen molar-refractivity contribution >= 4 is 15.9 Å². The summed E-state index contributed by atoms with van der Waals surface area (Å²) in [6.07, 6.45) is 8.67. The van der Waals surface area contributed by atoms with Gasteiger partial charge in [0.1, 0.15) is 0 Å². The Bertz CT molecular complexity index is 451. The fourth-order valence-corrected chi connectivity index (χ4v) is 2.06. The SMILES string of the molecule is CCCCCCCCn1cc(Br)c(=O)[nH]c1=O. The third-order valence-corrected chi connectivity index (χ3v) is 3.28. The Hall–Kier alpha value is -0.840. The molecule has 0 saturated heterocycles. The molecule has 1 aromatic heterocycles. The summed E-state index contributed by atoms with van der Waals surface area (Å²) in [7, 11) is 0. The number of nitrogens with one attached hydrogen (secondary N) is 1. The van der Waals surface area contributed by atoms with Crippen molar-refractivity contribution in [2.75, 3.05) is 0 Å². The van der Waals surface area contributed by atoms with Crippen LogP contribution in [-0.4, -0.2) is 9.55 Å². The predicted molar refractivity (Wildman–Crippen MR) is 72.4 cm³/mol. The molecule has 0 spiro atoms. The molecule has 0 aliphatic heterocycles. The van der Waals surface area contributed by atoms with E-state index in [0.717, 1.165) is 12.8 Å². The Morgan fingerprint density at radius 1 is 1.18 bits per heavy atom. The van der Waals surface area contributed by atoms with E-state index in [1.165, 1.54) is 25.7 Å². The van der Waals surface area contributed by atoms with Gasteiger partial charge in [-0.05, 0) is 22.4 Å². The van der Waals surface area contributed by atoms with Crippen LogP contribution < -0.4 is 11.2 Å². The quantitative estimate of drug-likeness (QED) is 0.787. The zero-order valence-corrected chi connectivity index (χ0v) is 11.8. The monoisotopic (exact) mass is 302 g/mol. The second kappa shape index (κ2) is 7.48.